The second-order valence-electron chi connectivity index (χ2n) is 5.14. The molecule has 0 radical (unpaired) electrons. The van der Waals surface area contributed by atoms with Gasteiger partial charge in [0.2, 0.25) is 0 Å². The normalized spacial score (nSPS) is 17.6. The third kappa shape index (κ3) is 1.49. The molecule has 4 rings (SSSR count). The Morgan fingerprint density at radius 2 is 2.00 bits per heavy atom. The molecule has 1 aromatic heterocycles. The molecule has 1 aromatic carbocycles. The van der Waals surface area contributed by atoms with E-state index in [0.717, 1.165) is 37.7 Å². The minimum Gasteiger partial charge on any atom is -0.311 e. The van der Waals surface area contributed by atoms with Crippen molar-refractivity contribution in [1.29, 1.82) is 0 Å². The largest absolute Gasteiger partial charge is 0.311 e. The first-order valence-corrected chi connectivity index (χ1v) is 6.67. The van der Waals surface area contributed by atoms with Gasteiger partial charge >= 0.3 is 0 Å². The van der Waals surface area contributed by atoms with E-state index in [9.17, 15) is 0 Å². The molecule has 1 N–H and O–H groups in total. The van der Waals surface area contributed by atoms with Crippen molar-refractivity contribution in [2.45, 2.75) is 38.9 Å². The average Bonchev–Trinajstić information content (AvgIpc) is 3.04. The SMILES string of the molecule is c1cc2c(cc1-c1nnc3n1CCCC3)CNC2. The maximum Gasteiger partial charge on any atom is 0.163 e. The maximum absolute atomic E-state index is 4.39. The number of nitrogens with one attached hydrogen (secondary N) is 1. The van der Waals surface area contributed by atoms with Crippen molar-refractivity contribution in [3.8, 4) is 11.4 Å². The van der Waals surface area contributed by atoms with E-state index in [1.807, 2.05) is 0 Å². The molecule has 0 spiro atoms. The van der Waals surface area contributed by atoms with Crippen LogP contribution in [0.4, 0.5) is 0 Å². The highest BCUT2D eigenvalue weighted by atomic mass is 15.3. The highest BCUT2D eigenvalue weighted by Gasteiger charge is 2.18. The molecule has 0 fully saturated rings. The van der Waals surface area contributed by atoms with Crippen LogP contribution < -0.4 is 5.32 Å². The van der Waals surface area contributed by atoms with Gasteiger partial charge in [0.25, 0.3) is 0 Å². The van der Waals surface area contributed by atoms with Crippen molar-refractivity contribution >= 4 is 0 Å². The van der Waals surface area contributed by atoms with Crippen LogP contribution in [0, 0.1) is 0 Å². The van der Waals surface area contributed by atoms with Gasteiger partial charge in [0.1, 0.15) is 5.82 Å². The van der Waals surface area contributed by atoms with Crippen LogP contribution in [0.25, 0.3) is 11.4 Å². The van der Waals surface area contributed by atoms with Crippen LogP contribution in [0.3, 0.4) is 0 Å². The summed E-state index contributed by atoms with van der Waals surface area (Å²) in [5.41, 5.74) is 4.02. The number of hydrogen-bond donors (Lipinski definition) is 1. The number of fused-ring (bicyclic) bond motifs is 2. The topological polar surface area (TPSA) is 42.7 Å². The molecule has 92 valence electrons. The zero-order valence-electron chi connectivity index (χ0n) is 10.3. The van der Waals surface area contributed by atoms with Gasteiger partial charge < -0.3 is 9.88 Å². The van der Waals surface area contributed by atoms with E-state index in [1.54, 1.807) is 0 Å². The Morgan fingerprint density at radius 1 is 1.06 bits per heavy atom. The summed E-state index contributed by atoms with van der Waals surface area (Å²) in [5, 5.41) is 12.1. The van der Waals surface area contributed by atoms with E-state index in [0.29, 0.717) is 0 Å². The Kier molecular flexibility index (Phi) is 2.23. The highest BCUT2D eigenvalue weighted by Crippen LogP contribution is 2.26. The van der Waals surface area contributed by atoms with Gasteiger partial charge in [-0.2, -0.15) is 0 Å². The van der Waals surface area contributed by atoms with Gasteiger partial charge in [0, 0.05) is 31.6 Å². The average molecular weight is 240 g/mol. The van der Waals surface area contributed by atoms with Crippen LogP contribution >= 0.6 is 0 Å². The molecule has 0 bridgehead atoms. The Bertz CT molecular complexity index is 600. The molecule has 18 heavy (non-hydrogen) atoms. The lowest BCUT2D eigenvalue weighted by Crippen LogP contribution is -2.11. The minimum absolute atomic E-state index is 0.976. The molecule has 0 amide bonds. The first kappa shape index (κ1) is 10.3. The standard InChI is InChI=1S/C14H16N4/c1-2-6-18-13(3-1)16-17-14(18)10-4-5-11-8-15-9-12(11)7-10/h4-5,7,15H,1-3,6,8-9H2. The third-order valence-electron chi connectivity index (χ3n) is 3.95. The Morgan fingerprint density at radius 3 is 3.00 bits per heavy atom. The lowest BCUT2D eigenvalue weighted by molar-refractivity contribution is 0.526. The van der Waals surface area contributed by atoms with Gasteiger partial charge in [-0.3, -0.25) is 0 Å². The lowest BCUT2D eigenvalue weighted by Gasteiger charge is -2.15. The predicted molar refractivity (Wildman–Crippen MR) is 68.9 cm³/mol. The number of rotatable bonds is 1. The molecule has 0 saturated heterocycles. The zero-order valence-corrected chi connectivity index (χ0v) is 10.3. The summed E-state index contributed by atoms with van der Waals surface area (Å²) < 4.78 is 2.29. The number of aromatic nitrogens is 3. The van der Waals surface area contributed by atoms with Crippen LogP contribution in [0.1, 0.15) is 29.8 Å². The summed E-state index contributed by atoms with van der Waals surface area (Å²) in [5.74, 6) is 2.19. The molecular formula is C14H16N4. The molecule has 4 nitrogen and oxygen atoms in total. The second-order valence-corrected chi connectivity index (χ2v) is 5.14. The molecule has 0 unspecified atom stereocenters. The zero-order chi connectivity index (χ0) is 11.9. The van der Waals surface area contributed by atoms with Gasteiger partial charge in [-0.25, -0.2) is 0 Å². The van der Waals surface area contributed by atoms with Crippen molar-refractivity contribution in [1.82, 2.24) is 20.1 Å². The summed E-state index contributed by atoms with van der Waals surface area (Å²) in [6.45, 7) is 3.03. The highest BCUT2D eigenvalue weighted by molar-refractivity contribution is 5.58. The third-order valence-corrected chi connectivity index (χ3v) is 3.95. The van der Waals surface area contributed by atoms with E-state index in [4.69, 9.17) is 0 Å². The number of aryl methyl sites for hydroxylation is 1. The fraction of sp³-hybridized carbons (Fsp3) is 0.429. The van der Waals surface area contributed by atoms with Gasteiger partial charge in [0.05, 0.1) is 0 Å². The van der Waals surface area contributed by atoms with Crippen LogP contribution in [0.15, 0.2) is 18.2 Å². The van der Waals surface area contributed by atoms with Crippen molar-refractivity contribution in [2.75, 3.05) is 0 Å². The van der Waals surface area contributed by atoms with E-state index in [-0.39, 0.29) is 0 Å². The van der Waals surface area contributed by atoms with Crippen molar-refractivity contribution < 1.29 is 0 Å². The first-order chi connectivity index (χ1) is 8.92. The van der Waals surface area contributed by atoms with Crippen molar-refractivity contribution in [3.63, 3.8) is 0 Å². The van der Waals surface area contributed by atoms with Crippen LogP contribution in [-0.2, 0) is 26.1 Å². The molecule has 3 heterocycles. The smallest absolute Gasteiger partial charge is 0.163 e. The fourth-order valence-electron chi connectivity index (χ4n) is 2.96. The monoisotopic (exact) mass is 240 g/mol. The Balaban J connectivity index is 1.81. The first-order valence-electron chi connectivity index (χ1n) is 6.67. The summed E-state index contributed by atoms with van der Waals surface area (Å²) in [4.78, 5) is 0. The quantitative estimate of drug-likeness (QED) is 0.827. The summed E-state index contributed by atoms with van der Waals surface area (Å²) in [6, 6.07) is 6.66. The lowest BCUT2D eigenvalue weighted by atomic mass is 10.1. The number of hydrogen-bond acceptors (Lipinski definition) is 3. The van der Waals surface area contributed by atoms with E-state index < -0.39 is 0 Å². The van der Waals surface area contributed by atoms with Gasteiger partial charge in [0.15, 0.2) is 5.82 Å². The molecular weight excluding hydrogens is 224 g/mol. The van der Waals surface area contributed by atoms with E-state index >= 15 is 0 Å². The second kappa shape index (κ2) is 3.92. The minimum atomic E-state index is 0.976. The van der Waals surface area contributed by atoms with Gasteiger partial charge in [-0.1, -0.05) is 12.1 Å². The van der Waals surface area contributed by atoms with Gasteiger partial charge in [-0.15, -0.1) is 10.2 Å². The fourth-order valence-corrected chi connectivity index (χ4v) is 2.96. The van der Waals surface area contributed by atoms with Crippen molar-refractivity contribution in [2.24, 2.45) is 0 Å². The molecule has 0 aliphatic carbocycles. The summed E-state index contributed by atoms with van der Waals surface area (Å²) in [7, 11) is 0. The Labute approximate surface area is 106 Å². The predicted octanol–water partition coefficient (Wildman–Crippen LogP) is 1.88. The van der Waals surface area contributed by atoms with E-state index in [1.165, 1.54) is 29.5 Å². The van der Waals surface area contributed by atoms with Crippen LogP contribution in [0.2, 0.25) is 0 Å². The molecule has 0 saturated carbocycles. The molecule has 2 aromatic rings. The van der Waals surface area contributed by atoms with Crippen LogP contribution in [-0.4, -0.2) is 14.8 Å². The van der Waals surface area contributed by atoms with E-state index in [2.05, 4.69) is 38.3 Å². The molecule has 0 atom stereocenters. The number of benzene rings is 1. The molecule has 2 aliphatic rings. The molecule has 2 aliphatic heterocycles. The summed E-state index contributed by atoms with van der Waals surface area (Å²) in [6.07, 6.45) is 3.55. The number of nitrogens with zero attached hydrogens (tertiary/aromatic N) is 3. The van der Waals surface area contributed by atoms with Crippen molar-refractivity contribution in [3.05, 3.63) is 35.2 Å². The molecule has 4 heteroatoms. The Hall–Kier alpha value is -1.68. The maximum atomic E-state index is 4.39. The van der Waals surface area contributed by atoms with Gasteiger partial charge in [-0.05, 0) is 30.0 Å². The van der Waals surface area contributed by atoms with Crippen LogP contribution in [0.5, 0.6) is 0 Å². The summed E-state index contributed by atoms with van der Waals surface area (Å²) >= 11 is 0.